The summed E-state index contributed by atoms with van der Waals surface area (Å²) in [6, 6.07) is 7.14. The molecule has 1 aromatic carbocycles. The number of phenols is 1. The maximum atomic E-state index is 9.22. The third-order valence-electron chi connectivity index (χ3n) is 1.89. The van der Waals surface area contributed by atoms with Gasteiger partial charge in [-0.05, 0) is 69.4 Å². The summed E-state index contributed by atoms with van der Waals surface area (Å²) in [5, 5.41) is 13.5. The molecule has 15 heavy (non-hydrogen) atoms. The van der Waals surface area contributed by atoms with Gasteiger partial charge in [-0.25, -0.2) is 2.90 Å². The first kappa shape index (κ1) is 11.9. The van der Waals surface area contributed by atoms with E-state index in [9.17, 15) is 5.11 Å². The summed E-state index contributed by atoms with van der Waals surface area (Å²) in [5.41, 5.74) is 2.13. The van der Waals surface area contributed by atoms with E-state index < -0.39 is 0 Å². The van der Waals surface area contributed by atoms with Crippen LogP contribution in [0.4, 0.5) is 0 Å². The lowest BCUT2D eigenvalue weighted by Gasteiger charge is -2.01. The van der Waals surface area contributed by atoms with E-state index in [4.69, 9.17) is 0 Å². The monoisotopic (exact) mass is 538 g/mol. The summed E-state index contributed by atoms with van der Waals surface area (Å²) in [4.78, 5) is 0. The molecule has 1 N–H and O–H groups in total. The van der Waals surface area contributed by atoms with Crippen LogP contribution in [0, 0.1) is 7.27 Å². The summed E-state index contributed by atoms with van der Waals surface area (Å²) >= 11 is 6.64. The van der Waals surface area contributed by atoms with Crippen LogP contribution in [0.15, 0.2) is 24.3 Å². The van der Waals surface area contributed by atoms with Crippen LogP contribution in [-0.2, 0) is 0 Å². The molecule has 0 unspecified atom stereocenters. The van der Waals surface area contributed by atoms with Gasteiger partial charge in [0.05, 0.1) is 32.1 Å². The number of rotatable bonds is 1. The number of aromatic hydroxyl groups is 1. The van der Waals surface area contributed by atoms with Gasteiger partial charge in [0.25, 0.3) is 0 Å². The normalized spacial score (nSPS) is 10.6. The molecular weight excluding hydrogens is 533 g/mol. The highest BCUT2D eigenvalue weighted by atomic mass is 127. The van der Waals surface area contributed by atoms with Gasteiger partial charge in [0.2, 0.25) is 0 Å². The van der Waals surface area contributed by atoms with Crippen LogP contribution in [0.3, 0.4) is 0 Å². The molecule has 0 amide bonds. The Bertz CT molecular complexity index is 493. The van der Waals surface area contributed by atoms with Crippen molar-refractivity contribution < 1.29 is 5.11 Å². The highest BCUT2D eigenvalue weighted by Gasteiger charge is 2.14. The van der Waals surface area contributed by atoms with Crippen molar-refractivity contribution in [1.82, 2.24) is 7.99 Å². The minimum absolute atomic E-state index is 0.281. The smallest absolute Gasteiger partial charge is 0.138 e. The number of nitrogens with zero attached hydrogens (tertiary/aromatic N) is 2. The molecular formula is C9H5I3N2O. The molecule has 0 bridgehead atoms. The average Bonchev–Trinajstić information content (AvgIpc) is 2.44. The van der Waals surface area contributed by atoms with Crippen LogP contribution in [0.2, 0.25) is 0 Å². The Morgan fingerprint density at radius 3 is 2.20 bits per heavy atom. The molecule has 0 aliphatic heterocycles. The molecule has 0 aliphatic carbocycles. The Balaban J connectivity index is 2.58. The summed E-state index contributed by atoms with van der Waals surface area (Å²) in [5.74, 6) is 0.281. The molecule has 1 heterocycles. The molecule has 0 saturated carbocycles. The van der Waals surface area contributed by atoms with Crippen molar-refractivity contribution in [2.45, 2.75) is 0 Å². The van der Waals surface area contributed by atoms with Gasteiger partial charge >= 0.3 is 0 Å². The molecule has 2 rings (SSSR count). The van der Waals surface area contributed by atoms with Gasteiger partial charge in [0.15, 0.2) is 0 Å². The number of halogens is 3. The first-order valence-corrected chi connectivity index (χ1v) is 7.11. The van der Waals surface area contributed by atoms with Crippen LogP contribution < -0.4 is 0 Å². The van der Waals surface area contributed by atoms with E-state index in [-0.39, 0.29) is 5.75 Å². The molecule has 0 aliphatic rings. The lowest BCUT2D eigenvalue weighted by atomic mass is 10.1. The Kier molecular flexibility index (Phi) is 3.75. The predicted molar refractivity (Wildman–Crippen MR) is 84.2 cm³/mol. The van der Waals surface area contributed by atoms with Crippen molar-refractivity contribution >= 4 is 68.0 Å². The van der Waals surface area contributed by atoms with E-state index >= 15 is 0 Å². The molecule has 0 fully saturated rings. The number of benzene rings is 1. The maximum absolute atomic E-state index is 9.22. The van der Waals surface area contributed by atoms with E-state index in [1.54, 1.807) is 12.1 Å². The van der Waals surface area contributed by atoms with Crippen molar-refractivity contribution in [1.29, 1.82) is 0 Å². The van der Waals surface area contributed by atoms with Crippen LogP contribution in [-0.4, -0.2) is 13.1 Å². The van der Waals surface area contributed by atoms with Crippen molar-refractivity contribution in [3.63, 3.8) is 0 Å². The SMILES string of the molecule is Oc1ccc(-c2c(I)c(I)nn2I)cc1. The Morgan fingerprint density at radius 1 is 1.13 bits per heavy atom. The Hall–Kier alpha value is 0.420. The number of aromatic nitrogens is 2. The third-order valence-corrected chi connectivity index (χ3v) is 5.40. The van der Waals surface area contributed by atoms with E-state index in [1.165, 1.54) is 0 Å². The molecule has 0 spiro atoms. The molecule has 1 aromatic heterocycles. The molecule has 78 valence electrons. The zero-order valence-electron chi connectivity index (χ0n) is 7.28. The van der Waals surface area contributed by atoms with E-state index in [2.05, 4.69) is 73.1 Å². The highest BCUT2D eigenvalue weighted by Crippen LogP contribution is 2.30. The fraction of sp³-hybridized carbons (Fsp3) is 0. The summed E-state index contributed by atoms with van der Waals surface area (Å²) < 4.78 is 3.95. The van der Waals surface area contributed by atoms with E-state index in [0.717, 1.165) is 18.5 Å². The van der Waals surface area contributed by atoms with Crippen LogP contribution in [0.1, 0.15) is 0 Å². The maximum Gasteiger partial charge on any atom is 0.138 e. The molecule has 0 radical (unpaired) electrons. The molecule has 0 saturated heterocycles. The molecule has 0 atom stereocenters. The minimum atomic E-state index is 0.281. The molecule has 6 heteroatoms. The highest BCUT2D eigenvalue weighted by molar-refractivity contribution is 14.1. The second-order valence-electron chi connectivity index (χ2n) is 2.86. The largest absolute Gasteiger partial charge is 0.508 e. The first-order chi connectivity index (χ1) is 7.09. The minimum Gasteiger partial charge on any atom is -0.508 e. The van der Waals surface area contributed by atoms with Crippen LogP contribution in [0.5, 0.6) is 5.75 Å². The van der Waals surface area contributed by atoms with Crippen LogP contribution >= 0.6 is 68.0 Å². The van der Waals surface area contributed by atoms with Crippen LogP contribution in [0.25, 0.3) is 11.3 Å². The van der Waals surface area contributed by atoms with Crippen molar-refractivity contribution in [3.8, 4) is 17.0 Å². The quantitative estimate of drug-likeness (QED) is 0.564. The van der Waals surface area contributed by atoms with Gasteiger partial charge in [-0.3, -0.25) is 0 Å². The number of hydrogen-bond acceptors (Lipinski definition) is 2. The Morgan fingerprint density at radius 2 is 1.73 bits per heavy atom. The zero-order chi connectivity index (χ0) is 11.0. The lowest BCUT2D eigenvalue weighted by molar-refractivity contribution is 0.475. The predicted octanol–water partition coefficient (Wildman–Crippen LogP) is 3.66. The summed E-state index contributed by atoms with van der Waals surface area (Å²) in [7, 11) is 0. The zero-order valence-corrected chi connectivity index (χ0v) is 13.8. The van der Waals surface area contributed by atoms with Crippen molar-refractivity contribution in [2.75, 3.05) is 0 Å². The van der Waals surface area contributed by atoms with Gasteiger partial charge in [0.1, 0.15) is 9.45 Å². The first-order valence-electron chi connectivity index (χ1n) is 3.99. The van der Waals surface area contributed by atoms with Gasteiger partial charge in [-0.15, -0.1) is 0 Å². The topological polar surface area (TPSA) is 38.1 Å². The van der Waals surface area contributed by atoms with Crippen molar-refractivity contribution in [2.24, 2.45) is 0 Å². The standard InChI is InChI=1S/C9H5I3N2O/c10-7-8(14(12)13-9(7)11)5-1-3-6(15)4-2-5/h1-4,15H. The molecule has 3 nitrogen and oxygen atoms in total. The third kappa shape index (κ3) is 2.40. The van der Waals surface area contributed by atoms with Gasteiger partial charge in [0, 0.05) is 5.56 Å². The average molecular weight is 538 g/mol. The Labute approximate surface area is 128 Å². The fourth-order valence-electron chi connectivity index (χ4n) is 1.20. The number of hydrogen-bond donors (Lipinski definition) is 1. The summed E-state index contributed by atoms with van der Waals surface area (Å²) in [6.45, 7) is 0. The van der Waals surface area contributed by atoms with Gasteiger partial charge < -0.3 is 5.11 Å². The van der Waals surface area contributed by atoms with Gasteiger partial charge in [-0.2, -0.15) is 5.10 Å². The van der Waals surface area contributed by atoms with Crippen molar-refractivity contribution in [3.05, 3.63) is 31.5 Å². The molecule has 2 aromatic rings. The van der Waals surface area contributed by atoms with E-state index in [1.807, 2.05) is 15.0 Å². The second-order valence-corrected chi connectivity index (χ2v) is 5.87. The van der Waals surface area contributed by atoms with Gasteiger partial charge in [-0.1, -0.05) is 0 Å². The van der Waals surface area contributed by atoms with E-state index in [0.29, 0.717) is 0 Å². The fourth-order valence-corrected chi connectivity index (χ4v) is 3.93. The lowest BCUT2D eigenvalue weighted by Crippen LogP contribution is -1.87. The summed E-state index contributed by atoms with van der Waals surface area (Å²) in [6.07, 6.45) is 0. The second kappa shape index (κ2) is 4.73. The number of phenolic OH excluding ortho intramolecular Hbond substituents is 1.